The highest BCUT2D eigenvalue weighted by Gasteiger charge is 2.32. The molecular formula is C12H16N3O2+. The normalized spacial score (nSPS) is 19.6. The van der Waals surface area contributed by atoms with Crippen molar-refractivity contribution in [3.05, 3.63) is 23.9 Å². The zero-order valence-corrected chi connectivity index (χ0v) is 9.75. The smallest absolute Gasteiger partial charge is 0.319 e. The number of H-pyrrole nitrogens is 1. The van der Waals surface area contributed by atoms with E-state index in [1.165, 1.54) is 0 Å². The van der Waals surface area contributed by atoms with Crippen LogP contribution in [0.15, 0.2) is 18.3 Å². The predicted octanol–water partition coefficient (Wildman–Crippen LogP) is 0.274. The van der Waals surface area contributed by atoms with Gasteiger partial charge in [-0.15, -0.1) is 0 Å². The van der Waals surface area contributed by atoms with E-state index in [1.54, 1.807) is 12.3 Å². The molecule has 0 radical (unpaired) electrons. The maximum Gasteiger partial charge on any atom is 0.319 e. The molecule has 3 N–H and O–H groups in total. The maximum atomic E-state index is 11.9. The lowest BCUT2D eigenvalue weighted by Crippen LogP contribution is -2.43. The molecule has 0 spiro atoms. The molecule has 1 unspecified atom stereocenters. The number of aromatic amines is 1. The molecule has 2 heterocycles. The van der Waals surface area contributed by atoms with E-state index in [4.69, 9.17) is 0 Å². The van der Waals surface area contributed by atoms with Gasteiger partial charge in [0, 0.05) is 12.6 Å². The second-order valence-electron chi connectivity index (χ2n) is 4.25. The van der Waals surface area contributed by atoms with Crippen molar-refractivity contribution in [1.29, 1.82) is 0 Å². The van der Waals surface area contributed by atoms with Crippen LogP contribution in [0.3, 0.4) is 0 Å². The average molecular weight is 234 g/mol. The Balaban J connectivity index is 2.00. The molecule has 0 aliphatic carbocycles. The number of hydrogen-bond donors (Lipinski definition) is 2. The van der Waals surface area contributed by atoms with Gasteiger partial charge in [0.2, 0.25) is 5.91 Å². The molecule has 1 fully saturated rings. The highest BCUT2D eigenvalue weighted by Crippen LogP contribution is 2.13. The second kappa shape index (κ2) is 4.95. The Hall–Kier alpha value is -1.91. The van der Waals surface area contributed by atoms with Crippen LogP contribution < -0.4 is 15.6 Å². The molecule has 0 saturated carbocycles. The van der Waals surface area contributed by atoms with Gasteiger partial charge in [0.25, 0.3) is 5.82 Å². The Kier molecular flexibility index (Phi) is 3.37. The first-order valence-electron chi connectivity index (χ1n) is 5.74. The highest BCUT2D eigenvalue weighted by atomic mass is 16.2. The molecule has 90 valence electrons. The lowest BCUT2D eigenvalue weighted by Gasteiger charge is -2.18. The van der Waals surface area contributed by atoms with E-state index >= 15 is 0 Å². The van der Waals surface area contributed by atoms with Gasteiger partial charge in [-0.25, -0.2) is 15.1 Å². The molecule has 1 aromatic heterocycles. The number of aryl methyl sites for hydroxylation is 1. The van der Waals surface area contributed by atoms with E-state index in [0.29, 0.717) is 18.8 Å². The van der Waals surface area contributed by atoms with Gasteiger partial charge < -0.3 is 5.32 Å². The third kappa shape index (κ3) is 2.81. The summed E-state index contributed by atoms with van der Waals surface area (Å²) in [7, 11) is 0. The maximum absolute atomic E-state index is 11.9. The first-order valence-corrected chi connectivity index (χ1v) is 5.74. The quantitative estimate of drug-likeness (QED) is 0.721. The molecule has 5 heteroatoms. The van der Waals surface area contributed by atoms with Crippen molar-refractivity contribution >= 4 is 17.6 Å². The Bertz CT molecular complexity index is 428. The number of rotatable bonds is 2. The van der Waals surface area contributed by atoms with Crippen LogP contribution in [0.1, 0.15) is 18.4 Å². The van der Waals surface area contributed by atoms with E-state index in [0.717, 1.165) is 12.0 Å². The summed E-state index contributed by atoms with van der Waals surface area (Å²) in [4.78, 5) is 26.3. The Morgan fingerprint density at radius 2 is 2.35 bits per heavy atom. The number of aromatic nitrogens is 1. The Morgan fingerprint density at radius 1 is 1.53 bits per heavy atom. The van der Waals surface area contributed by atoms with Gasteiger partial charge in [-0.3, -0.25) is 4.79 Å². The van der Waals surface area contributed by atoms with Crippen LogP contribution >= 0.6 is 0 Å². The SMILES string of the molecule is Cc1ccc(NC(=O)C2CCCNC2=O)[nH+]c1. The number of carbonyl (C=O) groups is 2. The third-order valence-electron chi connectivity index (χ3n) is 2.83. The summed E-state index contributed by atoms with van der Waals surface area (Å²) in [6.07, 6.45) is 3.27. The molecule has 0 bridgehead atoms. The zero-order chi connectivity index (χ0) is 12.3. The minimum atomic E-state index is -0.571. The Labute approximate surface area is 99.6 Å². The van der Waals surface area contributed by atoms with E-state index < -0.39 is 5.92 Å². The fourth-order valence-electron chi connectivity index (χ4n) is 1.82. The molecule has 5 nitrogen and oxygen atoms in total. The van der Waals surface area contributed by atoms with Gasteiger partial charge >= 0.3 is 5.91 Å². The van der Waals surface area contributed by atoms with Crippen LogP contribution in [-0.2, 0) is 9.59 Å². The van der Waals surface area contributed by atoms with Crippen molar-refractivity contribution in [2.24, 2.45) is 5.92 Å². The van der Waals surface area contributed by atoms with Crippen molar-refractivity contribution in [3.8, 4) is 0 Å². The van der Waals surface area contributed by atoms with Gasteiger partial charge in [-0.1, -0.05) is 0 Å². The van der Waals surface area contributed by atoms with Gasteiger partial charge in [-0.05, 0) is 31.4 Å². The van der Waals surface area contributed by atoms with Crippen LogP contribution in [0.4, 0.5) is 5.82 Å². The minimum Gasteiger partial charge on any atom is -0.355 e. The summed E-state index contributed by atoms with van der Waals surface area (Å²) < 4.78 is 0. The summed E-state index contributed by atoms with van der Waals surface area (Å²) in [5.41, 5.74) is 1.08. The first kappa shape index (κ1) is 11.6. The number of pyridine rings is 1. The van der Waals surface area contributed by atoms with Crippen molar-refractivity contribution in [2.45, 2.75) is 19.8 Å². The summed E-state index contributed by atoms with van der Waals surface area (Å²) in [6.45, 7) is 2.62. The summed E-state index contributed by atoms with van der Waals surface area (Å²) >= 11 is 0. The lowest BCUT2D eigenvalue weighted by atomic mass is 9.98. The third-order valence-corrected chi connectivity index (χ3v) is 2.83. The van der Waals surface area contributed by atoms with Gasteiger partial charge in [0.15, 0.2) is 0 Å². The fourth-order valence-corrected chi connectivity index (χ4v) is 1.82. The Morgan fingerprint density at radius 3 is 3.00 bits per heavy atom. The molecule has 1 aliphatic rings. The van der Waals surface area contributed by atoms with Gasteiger partial charge in [0.1, 0.15) is 5.92 Å². The summed E-state index contributed by atoms with van der Waals surface area (Å²) in [5, 5.41) is 5.41. The molecule has 0 aromatic carbocycles. The largest absolute Gasteiger partial charge is 0.355 e. The van der Waals surface area contributed by atoms with E-state index in [2.05, 4.69) is 15.6 Å². The fraction of sp³-hybridized carbons (Fsp3) is 0.417. The second-order valence-corrected chi connectivity index (χ2v) is 4.25. The van der Waals surface area contributed by atoms with Gasteiger partial charge in [0.05, 0.1) is 6.20 Å². The molecule has 2 amide bonds. The molecule has 1 aliphatic heterocycles. The lowest BCUT2D eigenvalue weighted by molar-refractivity contribution is -0.361. The van der Waals surface area contributed by atoms with Crippen LogP contribution in [0, 0.1) is 12.8 Å². The molecule has 17 heavy (non-hydrogen) atoms. The zero-order valence-electron chi connectivity index (χ0n) is 9.75. The van der Waals surface area contributed by atoms with Gasteiger partial charge in [-0.2, -0.15) is 0 Å². The average Bonchev–Trinajstić information content (AvgIpc) is 2.32. The standard InChI is InChI=1S/C12H15N3O2/c1-8-4-5-10(14-7-8)15-12(17)9-3-2-6-13-11(9)16/h4-5,7,9H,2-3,6H2,1H3,(H,13,16)(H,14,15,17)/p+1. The molecular weight excluding hydrogens is 218 g/mol. The van der Waals surface area contributed by atoms with Crippen molar-refractivity contribution in [3.63, 3.8) is 0 Å². The first-order chi connectivity index (χ1) is 8.16. The number of carbonyl (C=O) groups excluding carboxylic acids is 2. The van der Waals surface area contributed by atoms with Crippen molar-refractivity contribution < 1.29 is 14.6 Å². The molecule has 2 rings (SSSR count). The molecule has 1 aromatic rings. The van der Waals surface area contributed by atoms with E-state index in [-0.39, 0.29) is 11.8 Å². The van der Waals surface area contributed by atoms with E-state index in [1.807, 2.05) is 13.0 Å². The number of piperidine rings is 1. The highest BCUT2D eigenvalue weighted by molar-refractivity contribution is 6.06. The molecule has 1 atom stereocenters. The number of amides is 2. The minimum absolute atomic E-state index is 0.180. The summed E-state index contributed by atoms with van der Waals surface area (Å²) in [5.74, 6) is -0.388. The number of nitrogens with one attached hydrogen (secondary N) is 3. The van der Waals surface area contributed by atoms with Crippen LogP contribution in [0.5, 0.6) is 0 Å². The summed E-state index contributed by atoms with van der Waals surface area (Å²) in [6, 6.07) is 3.68. The van der Waals surface area contributed by atoms with Crippen LogP contribution in [-0.4, -0.2) is 18.4 Å². The number of hydrogen-bond acceptors (Lipinski definition) is 2. The van der Waals surface area contributed by atoms with Crippen LogP contribution in [0.2, 0.25) is 0 Å². The molecule has 1 saturated heterocycles. The predicted molar refractivity (Wildman–Crippen MR) is 62.1 cm³/mol. The number of anilines is 1. The van der Waals surface area contributed by atoms with Crippen molar-refractivity contribution in [2.75, 3.05) is 11.9 Å². The van der Waals surface area contributed by atoms with E-state index in [9.17, 15) is 9.59 Å². The van der Waals surface area contributed by atoms with Crippen molar-refractivity contribution in [1.82, 2.24) is 5.32 Å². The topological polar surface area (TPSA) is 72.3 Å². The van der Waals surface area contributed by atoms with Crippen LogP contribution in [0.25, 0.3) is 0 Å². The monoisotopic (exact) mass is 234 g/mol.